The van der Waals surface area contributed by atoms with Crippen LogP contribution in [0.1, 0.15) is 48.4 Å². The molecule has 0 radical (unpaired) electrons. The normalized spacial score (nSPS) is 13.4. The average molecular weight is 243 g/mol. The number of aryl methyl sites for hydroxylation is 1. The smallest absolute Gasteiger partial charge is 0.354 e. The Bertz CT molecular complexity index is 394. The molecular formula is C11H15ClN2O2. The van der Waals surface area contributed by atoms with Gasteiger partial charge in [-0.2, -0.15) is 0 Å². The highest BCUT2D eigenvalue weighted by Crippen LogP contribution is 2.23. The van der Waals surface area contributed by atoms with Crippen molar-refractivity contribution in [3.63, 3.8) is 0 Å². The van der Waals surface area contributed by atoms with Crippen molar-refractivity contribution in [2.75, 3.05) is 0 Å². The van der Waals surface area contributed by atoms with Crippen molar-refractivity contribution in [3.05, 3.63) is 22.2 Å². The molecule has 1 N–H and O–H groups in total. The van der Waals surface area contributed by atoms with E-state index in [0.29, 0.717) is 0 Å². The Labute approximate surface area is 99.7 Å². The zero-order valence-electron chi connectivity index (χ0n) is 9.46. The first-order valence-electron chi connectivity index (χ1n) is 5.47. The maximum atomic E-state index is 10.9. The van der Waals surface area contributed by atoms with Gasteiger partial charge >= 0.3 is 5.97 Å². The molecule has 88 valence electrons. The molecule has 5 heteroatoms. The molecule has 0 saturated carbocycles. The van der Waals surface area contributed by atoms with Crippen molar-refractivity contribution in [2.24, 2.45) is 0 Å². The molecule has 1 aliphatic carbocycles. The molecule has 4 nitrogen and oxygen atoms in total. The Morgan fingerprint density at radius 3 is 2.50 bits per heavy atom. The van der Waals surface area contributed by atoms with E-state index in [2.05, 4.69) is 9.97 Å². The fraction of sp³-hybridized carbons (Fsp3) is 0.545. The van der Waals surface area contributed by atoms with E-state index in [1.807, 2.05) is 13.8 Å². The van der Waals surface area contributed by atoms with Gasteiger partial charge in [-0.05, 0) is 37.3 Å². The Kier molecular flexibility index (Phi) is 4.68. The fourth-order valence-electron chi connectivity index (χ4n) is 1.74. The van der Waals surface area contributed by atoms with Crippen LogP contribution in [0.4, 0.5) is 0 Å². The van der Waals surface area contributed by atoms with Crippen LogP contribution >= 0.6 is 11.6 Å². The number of rotatable bonds is 1. The van der Waals surface area contributed by atoms with E-state index in [4.69, 9.17) is 16.7 Å². The van der Waals surface area contributed by atoms with Crippen LogP contribution in [0.2, 0.25) is 5.28 Å². The third-order valence-corrected chi connectivity index (χ3v) is 2.53. The van der Waals surface area contributed by atoms with Crippen LogP contribution in [-0.4, -0.2) is 21.0 Å². The van der Waals surface area contributed by atoms with Gasteiger partial charge in [0.25, 0.3) is 0 Å². The second kappa shape index (κ2) is 5.80. The lowest BCUT2D eigenvalue weighted by atomic mass is 9.95. The molecule has 1 aromatic heterocycles. The molecule has 0 amide bonds. The molecule has 0 spiro atoms. The highest BCUT2D eigenvalue weighted by atomic mass is 35.5. The van der Waals surface area contributed by atoms with Gasteiger partial charge in [-0.25, -0.2) is 14.8 Å². The number of carboxylic acid groups (broad SMARTS) is 1. The van der Waals surface area contributed by atoms with E-state index in [1.165, 1.54) is 0 Å². The van der Waals surface area contributed by atoms with Crippen LogP contribution in [-0.2, 0) is 12.8 Å². The Balaban J connectivity index is 0.000000606. The topological polar surface area (TPSA) is 63.1 Å². The largest absolute Gasteiger partial charge is 0.476 e. The van der Waals surface area contributed by atoms with Crippen molar-refractivity contribution in [1.29, 1.82) is 0 Å². The van der Waals surface area contributed by atoms with Crippen molar-refractivity contribution in [2.45, 2.75) is 39.5 Å². The summed E-state index contributed by atoms with van der Waals surface area (Å²) in [6.07, 6.45) is 3.59. The maximum Gasteiger partial charge on any atom is 0.354 e. The van der Waals surface area contributed by atoms with Crippen LogP contribution in [0.15, 0.2) is 0 Å². The zero-order chi connectivity index (χ0) is 12.1. The summed E-state index contributed by atoms with van der Waals surface area (Å²) in [5.74, 6) is -1.02. The van der Waals surface area contributed by atoms with Gasteiger partial charge < -0.3 is 5.11 Å². The molecule has 1 aliphatic rings. The minimum atomic E-state index is -1.02. The summed E-state index contributed by atoms with van der Waals surface area (Å²) in [6, 6.07) is 0. The predicted molar refractivity (Wildman–Crippen MR) is 62.0 cm³/mol. The minimum absolute atomic E-state index is 0.0306. The number of carbonyl (C=O) groups is 1. The third-order valence-electron chi connectivity index (χ3n) is 2.36. The number of fused-ring (bicyclic) bond motifs is 1. The van der Waals surface area contributed by atoms with E-state index in [9.17, 15) is 4.79 Å². The van der Waals surface area contributed by atoms with Crippen LogP contribution in [0.25, 0.3) is 0 Å². The number of carboxylic acids is 1. The van der Waals surface area contributed by atoms with Crippen LogP contribution in [0, 0.1) is 0 Å². The lowest BCUT2D eigenvalue weighted by Crippen LogP contribution is -2.14. The minimum Gasteiger partial charge on any atom is -0.476 e. The Hall–Kier alpha value is -1.16. The standard InChI is InChI=1S/C9H9ClN2O2.C2H6/c10-9-11-6-4-2-1-3-5(6)7(12-9)8(13)14;1-2/h1-4H2,(H,13,14);1-2H3. The third kappa shape index (κ3) is 2.70. The lowest BCUT2D eigenvalue weighted by Gasteiger charge is -2.15. The number of aromatic carboxylic acids is 1. The van der Waals surface area contributed by atoms with Gasteiger partial charge in [0.2, 0.25) is 5.28 Å². The van der Waals surface area contributed by atoms with E-state index in [0.717, 1.165) is 36.9 Å². The molecule has 0 fully saturated rings. The van der Waals surface area contributed by atoms with Gasteiger partial charge in [-0.15, -0.1) is 0 Å². The molecule has 0 saturated heterocycles. The fourth-order valence-corrected chi connectivity index (χ4v) is 1.93. The zero-order valence-corrected chi connectivity index (χ0v) is 10.2. The van der Waals surface area contributed by atoms with Crippen molar-refractivity contribution < 1.29 is 9.90 Å². The second-order valence-corrected chi connectivity index (χ2v) is 3.62. The first-order valence-corrected chi connectivity index (χ1v) is 5.85. The second-order valence-electron chi connectivity index (χ2n) is 3.28. The number of nitrogens with zero attached hydrogens (tertiary/aromatic N) is 2. The molecule has 0 atom stereocenters. The number of halogens is 1. The van der Waals surface area contributed by atoms with Crippen molar-refractivity contribution in [3.8, 4) is 0 Å². The SMILES string of the molecule is CC.O=C(O)c1nc(Cl)nc2c1CCCC2. The van der Waals surface area contributed by atoms with Crippen LogP contribution in [0.5, 0.6) is 0 Å². The molecule has 16 heavy (non-hydrogen) atoms. The molecule has 0 bridgehead atoms. The van der Waals surface area contributed by atoms with E-state index in [-0.39, 0.29) is 11.0 Å². The summed E-state index contributed by atoms with van der Waals surface area (Å²) in [5, 5.41) is 8.95. The first-order chi connectivity index (χ1) is 7.68. The van der Waals surface area contributed by atoms with E-state index in [1.54, 1.807) is 0 Å². The molecule has 1 aromatic rings. The van der Waals surface area contributed by atoms with Crippen molar-refractivity contribution in [1.82, 2.24) is 9.97 Å². The summed E-state index contributed by atoms with van der Waals surface area (Å²) in [4.78, 5) is 18.7. The van der Waals surface area contributed by atoms with Gasteiger partial charge in [0, 0.05) is 11.3 Å². The average Bonchev–Trinajstić information content (AvgIpc) is 2.30. The summed E-state index contributed by atoms with van der Waals surface area (Å²) >= 11 is 5.64. The molecule has 0 aromatic carbocycles. The molecule has 0 aliphatic heterocycles. The molecule has 2 rings (SSSR count). The van der Waals surface area contributed by atoms with Gasteiger partial charge in [0.1, 0.15) is 0 Å². The highest BCUT2D eigenvalue weighted by Gasteiger charge is 2.20. The Morgan fingerprint density at radius 1 is 1.25 bits per heavy atom. The molecule has 0 unspecified atom stereocenters. The Morgan fingerprint density at radius 2 is 1.88 bits per heavy atom. The van der Waals surface area contributed by atoms with Gasteiger partial charge in [0.05, 0.1) is 0 Å². The number of aromatic nitrogens is 2. The van der Waals surface area contributed by atoms with Gasteiger partial charge in [-0.1, -0.05) is 13.8 Å². The van der Waals surface area contributed by atoms with Gasteiger partial charge in [-0.3, -0.25) is 0 Å². The maximum absolute atomic E-state index is 10.9. The summed E-state index contributed by atoms with van der Waals surface area (Å²) in [5.41, 5.74) is 1.63. The monoisotopic (exact) mass is 242 g/mol. The lowest BCUT2D eigenvalue weighted by molar-refractivity contribution is 0.0688. The van der Waals surface area contributed by atoms with Crippen molar-refractivity contribution >= 4 is 17.6 Å². The number of hydrogen-bond acceptors (Lipinski definition) is 3. The molecular weight excluding hydrogens is 228 g/mol. The molecule has 1 heterocycles. The first kappa shape index (κ1) is 12.9. The number of hydrogen-bond donors (Lipinski definition) is 1. The summed E-state index contributed by atoms with van der Waals surface area (Å²) < 4.78 is 0. The quantitative estimate of drug-likeness (QED) is 0.769. The highest BCUT2D eigenvalue weighted by molar-refractivity contribution is 6.28. The van der Waals surface area contributed by atoms with Crippen LogP contribution < -0.4 is 0 Å². The van der Waals surface area contributed by atoms with Crippen LogP contribution in [0.3, 0.4) is 0 Å². The van der Waals surface area contributed by atoms with E-state index >= 15 is 0 Å². The predicted octanol–water partition coefficient (Wildman–Crippen LogP) is 2.73. The summed E-state index contributed by atoms with van der Waals surface area (Å²) in [6.45, 7) is 4.00. The summed E-state index contributed by atoms with van der Waals surface area (Å²) in [7, 11) is 0. The van der Waals surface area contributed by atoms with E-state index < -0.39 is 5.97 Å². The van der Waals surface area contributed by atoms with Gasteiger partial charge in [0.15, 0.2) is 5.69 Å².